The molecule has 1 aliphatic rings. The highest BCUT2D eigenvalue weighted by molar-refractivity contribution is 14.1. The van der Waals surface area contributed by atoms with Crippen LogP contribution >= 0.6 is 34.4 Å². The number of hydrogen-bond acceptors (Lipinski definition) is 5. The van der Waals surface area contributed by atoms with Gasteiger partial charge in [0.25, 0.3) is 5.69 Å². The summed E-state index contributed by atoms with van der Waals surface area (Å²) in [5, 5.41) is 20.3. The third-order valence-corrected chi connectivity index (χ3v) is 4.79. The lowest BCUT2D eigenvalue weighted by Crippen LogP contribution is -2.47. The van der Waals surface area contributed by atoms with Gasteiger partial charge in [-0.15, -0.1) is 0 Å². The van der Waals surface area contributed by atoms with Crippen LogP contribution in [0, 0.1) is 19.5 Å². The van der Waals surface area contributed by atoms with E-state index in [0.717, 1.165) is 12.1 Å². The molecule has 0 amide bonds. The Morgan fingerprint density at radius 2 is 2.30 bits per heavy atom. The standard InChI is InChI=1S/C11H10FIN2O4S/c12-6-3-8(9(15(18)19)4-7(6)13)14-1-2-20-5-10(14)11(16)17/h3-4,10H,1-2,5H2,(H,16,17). The van der Waals surface area contributed by atoms with Gasteiger partial charge in [0.2, 0.25) is 0 Å². The van der Waals surface area contributed by atoms with Gasteiger partial charge < -0.3 is 10.0 Å². The number of thioether (sulfide) groups is 1. The van der Waals surface area contributed by atoms with E-state index in [1.807, 2.05) is 0 Å². The number of carbonyl (C=O) groups is 1. The molecule has 1 aliphatic heterocycles. The average molecular weight is 412 g/mol. The number of rotatable bonds is 3. The van der Waals surface area contributed by atoms with E-state index < -0.39 is 22.8 Å². The van der Waals surface area contributed by atoms with E-state index in [2.05, 4.69) is 0 Å². The second-order valence-electron chi connectivity index (χ2n) is 4.13. The first-order valence-electron chi connectivity index (χ1n) is 5.62. The minimum Gasteiger partial charge on any atom is -0.480 e. The molecule has 0 aromatic heterocycles. The Labute approximate surface area is 131 Å². The van der Waals surface area contributed by atoms with Gasteiger partial charge in [0.1, 0.15) is 17.5 Å². The maximum Gasteiger partial charge on any atom is 0.327 e. The fourth-order valence-corrected chi connectivity index (χ4v) is 3.49. The Morgan fingerprint density at radius 1 is 1.60 bits per heavy atom. The van der Waals surface area contributed by atoms with Crippen LogP contribution in [0.15, 0.2) is 12.1 Å². The van der Waals surface area contributed by atoms with Crippen molar-refractivity contribution in [2.24, 2.45) is 0 Å². The molecule has 1 saturated heterocycles. The third kappa shape index (κ3) is 2.97. The van der Waals surface area contributed by atoms with Gasteiger partial charge in [-0.1, -0.05) is 0 Å². The van der Waals surface area contributed by atoms with Crippen LogP contribution in [-0.4, -0.2) is 40.1 Å². The zero-order chi connectivity index (χ0) is 14.9. The van der Waals surface area contributed by atoms with E-state index in [4.69, 9.17) is 0 Å². The Morgan fingerprint density at radius 3 is 2.90 bits per heavy atom. The Balaban J connectivity index is 2.51. The minimum absolute atomic E-state index is 0.0283. The van der Waals surface area contributed by atoms with Crippen LogP contribution in [-0.2, 0) is 4.79 Å². The van der Waals surface area contributed by atoms with Crippen LogP contribution in [0.2, 0.25) is 0 Å². The second kappa shape index (κ2) is 6.12. The second-order valence-corrected chi connectivity index (χ2v) is 6.45. The van der Waals surface area contributed by atoms with Crippen molar-refractivity contribution in [2.45, 2.75) is 6.04 Å². The van der Waals surface area contributed by atoms with Crippen molar-refractivity contribution in [1.29, 1.82) is 0 Å². The van der Waals surface area contributed by atoms with Crippen LogP contribution in [0.4, 0.5) is 15.8 Å². The average Bonchev–Trinajstić information content (AvgIpc) is 2.41. The number of nitro benzene ring substituents is 1. The molecule has 1 aromatic rings. The zero-order valence-electron chi connectivity index (χ0n) is 10.1. The number of nitro groups is 1. The minimum atomic E-state index is -1.06. The molecule has 1 aromatic carbocycles. The highest BCUT2D eigenvalue weighted by atomic mass is 127. The smallest absolute Gasteiger partial charge is 0.327 e. The highest BCUT2D eigenvalue weighted by Gasteiger charge is 2.33. The van der Waals surface area contributed by atoms with Gasteiger partial charge in [0.05, 0.1) is 8.49 Å². The predicted molar refractivity (Wildman–Crippen MR) is 81.9 cm³/mol. The Hall–Kier alpha value is -1.10. The maximum absolute atomic E-state index is 13.7. The van der Waals surface area contributed by atoms with Crippen molar-refractivity contribution in [1.82, 2.24) is 0 Å². The van der Waals surface area contributed by atoms with Crippen molar-refractivity contribution >= 4 is 51.7 Å². The van der Waals surface area contributed by atoms with Gasteiger partial charge in [-0.25, -0.2) is 9.18 Å². The van der Waals surface area contributed by atoms with Gasteiger partial charge in [-0.2, -0.15) is 11.8 Å². The summed E-state index contributed by atoms with van der Waals surface area (Å²) < 4.78 is 13.8. The Bertz CT molecular complexity index is 572. The lowest BCUT2D eigenvalue weighted by Gasteiger charge is -2.34. The largest absolute Gasteiger partial charge is 0.480 e. The fourth-order valence-electron chi connectivity index (χ4n) is 2.00. The molecule has 0 saturated carbocycles. The van der Waals surface area contributed by atoms with Crippen molar-refractivity contribution in [3.05, 3.63) is 31.6 Å². The molecular formula is C11H10FIN2O4S. The monoisotopic (exact) mass is 412 g/mol. The highest BCUT2D eigenvalue weighted by Crippen LogP contribution is 2.35. The number of aliphatic carboxylic acids is 1. The van der Waals surface area contributed by atoms with Crippen LogP contribution < -0.4 is 4.90 Å². The first kappa shape index (κ1) is 15.3. The van der Waals surface area contributed by atoms with Gasteiger partial charge in [-0.3, -0.25) is 10.1 Å². The summed E-state index contributed by atoms with van der Waals surface area (Å²) in [5.41, 5.74) is -0.241. The number of benzene rings is 1. The van der Waals surface area contributed by atoms with E-state index >= 15 is 0 Å². The number of nitrogens with zero attached hydrogens (tertiary/aromatic N) is 2. The topological polar surface area (TPSA) is 83.7 Å². The van der Waals surface area contributed by atoms with E-state index in [9.17, 15) is 24.4 Å². The summed E-state index contributed by atoms with van der Waals surface area (Å²) in [6, 6.07) is 1.30. The number of hydrogen-bond donors (Lipinski definition) is 1. The SMILES string of the molecule is O=C(O)C1CSCCN1c1cc(F)c(I)cc1[N+](=O)[O-]. The van der Waals surface area contributed by atoms with Gasteiger partial charge in [-0.05, 0) is 22.6 Å². The van der Waals surface area contributed by atoms with Crippen LogP contribution in [0.25, 0.3) is 0 Å². The van der Waals surface area contributed by atoms with Crippen molar-refractivity contribution in [2.75, 3.05) is 23.0 Å². The first-order valence-corrected chi connectivity index (χ1v) is 7.85. The number of anilines is 1. The van der Waals surface area contributed by atoms with Gasteiger partial charge in [0, 0.05) is 30.2 Å². The molecule has 2 rings (SSSR count). The molecule has 0 radical (unpaired) electrons. The van der Waals surface area contributed by atoms with E-state index in [-0.39, 0.29) is 14.9 Å². The summed E-state index contributed by atoms with van der Waals surface area (Å²) in [6.07, 6.45) is 0. The maximum atomic E-state index is 13.7. The molecule has 1 heterocycles. The molecule has 1 N–H and O–H groups in total. The van der Waals surface area contributed by atoms with E-state index in [1.54, 1.807) is 22.6 Å². The lowest BCUT2D eigenvalue weighted by molar-refractivity contribution is -0.384. The molecule has 108 valence electrons. The molecule has 20 heavy (non-hydrogen) atoms. The van der Waals surface area contributed by atoms with Gasteiger partial charge in [0.15, 0.2) is 0 Å². The molecule has 0 bridgehead atoms. The molecule has 1 fully saturated rings. The number of carboxylic acid groups (broad SMARTS) is 1. The summed E-state index contributed by atoms with van der Waals surface area (Å²) in [5.74, 6) is -0.687. The van der Waals surface area contributed by atoms with Crippen molar-refractivity contribution in [3.8, 4) is 0 Å². The van der Waals surface area contributed by atoms with Gasteiger partial charge >= 0.3 is 5.97 Å². The van der Waals surface area contributed by atoms with Crippen LogP contribution in [0.3, 0.4) is 0 Å². The van der Waals surface area contributed by atoms with Crippen molar-refractivity contribution < 1.29 is 19.2 Å². The van der Waals surface area contributed by atoms with E-state index in [0.29, 0.717) is 18.1 Å². The summed E-state index contributed by atoms with van der Waals surface area (Å²) >= 11 is 3.13. The summed E-state index contributed by atoms with van der Waals surface area (Å²) in [6.45, 7) is 0.336. The molecule has 9 heteroatoms. The van der Waals surface area contributed by atoms with Crippen molar-refractivity contribution in [3.63, 3.8) is 0 Å². The number of halogens is 2. The van der Waals surface area contributed by atoms with Crippen LogP contribution in [0.1, 0.15) is 0 Å². The summed E-state index contributed by atoms with van der Waals surface area (Å²) in [7, 11) is 0. The normalized spacial score (nSPS) is 18.9. The molecule has 0 spiro atoms. The van der Waals surface area contributed by atoms with Crippen LogP contribution in [0.5, 0.6) is 0 Å². The van der Waals surface area contributed by atoms with E-state index in [1.165, 1.54) is 16.7 Å². The quantitative estimate of drug-likeness (QED) is 0.466. The number of carboxylic acids is 1. The fraction of sp³-hybridized carbons (Fsp3) is 0.364. The zero-order valence-corrected chi connectivity index (χ0v) is 13.1. The Kier molecular flexibility index (Phi) is 4.68. The molecule has 6 nitrogen and oxygen atoms in total. The molecule has 1 unspecified atom stereocenters. The molecular weight excluding hydrogens is 402 g/mol. The predicted octanol–water partition coefficient (Wildman–Crippen LogP) is 2.34. The lowest BCUT2D eigenvalue weighted by atomic mass is 10.2. The molecule has 1 atom stereocenters. The molecule has 0 aliphatic carbocycles. The summed E-state index contributed by atoms with van der Waals surface area (Å²) in [4.78, 5) is 23.1. The first-order chi connectivity index (χ1) is 9.41. The third-order valence-electron chi connectivity index (χ3n) is 2.94.